The number of hydrogen-bond acceptors (Lipinski definition) is 4. The molecule has 2 atom stereocenters. The molecule has 2 N–H and O–H groups in total. The molecule has 1 amide bonds. The number of nitrogens with zero attached hydrogens (tertiary/aromatic N) is 1. The second-order valence-corrected chi connectivity index (χ2v) is 7.70. The van der Waals surface area contributed by atoms with Crippen molar-refractivity contribution in [3.63, 3.8) is 0 Å². The van der Waals surface area contributed by atoms with Gasteiger partial charge in [-0.3, -0.25) is 9.78 Å². The highest BCUT2D eigenvalue weighted by Crippen LogP contribution is 2.33. The maximum Gasteiger partial charge on any atom is 0.226 e. The first kappa shape index (κ1) is 20.1. The number of nitrogens with one attached hydrogen (secondary N) is 1. The average Bonchev–Trinajstić information content (AvgIpc) is 3.49. The summed E-state index contributed by atoms with van der Waals surface area (Å²) in [6, 6.07) is 21.6. The van der Waals surface area contributed by atoms with Gasteiger partial charge in [-0.1, -0.05) is 48.5 Å². The van der Waals surface area contributed by atoms with E-state index in [1.165, 1.54) is 0 Å². The molecule has 1 aromatic heterocycles. The molecule has 154 valence electrons. The molecule has 1 aliphatic carbocycles. The van der Waals surface area contributed by atoms with Gasteiger partial charge in [-0.05, 0) is 48.1 Å². The van der Waals surface area contributed by atoms with Crippen molar-refractivity contribution in [2.45, 2.75) is 31.9 Å². The van der Waals surface area contributed by atoms with Crippen LogP contribution < -0.4 is 10.1 Å². The highest BCUT2D eigenvalue weighted by atomic mass is 16.5. The summed E-state index contributed by atoms with van der Waals surface area (Å²) in [7, 11) is 0. The van der Waals surface area contributed by atoms with Crippen molar-refractivity contribution in [1.82, 2.24) is 10.3 Å². The molecular formula is C25H26N2O3. The molecule has 0 saturated heterocycles. The van der Waals surface area contributed by atoms with Gasteiger partial charge in [-0.15, -0.1) is 0 Å². The van der Waals surface area contributed by atoms with Crippen LogP contribution in [0.2, 0.25) is 0 Å². The maximum absolute atomic E-state index is 12.1. The van der Waals surface area contributed by atoms with E-state index in [0.29, 0.717) is 19.1 Å². The van der Waals surface area contributed by atoms with Crippen molar-refractivity contribution in [2.24, 2.45) is 5.92 Å². The van der Waals surface area contributed by atoms with Crippen molar-refractivity contribution in [3.05, 3.63) is 84.2 Å². The molecule has 0 spiro atoms. The number of ether oxygens (including phenoxy) is 1. The summed E-state index contributed by atoms with van der Waals surface area (Å²) in [6.45, 7) is 1.15. The standard InChI is InChI=1S/C25H26N2O3/c28-24-14-20(24)12-13-30-23-10-7-19(8-11-23)21-6-9-22(26-17-21)15-25(29)27-16-18-4-2-1-3-5-18/h1-11,17,20,24,28H,12-16H2,(H,27,29). The number of aromatic nitrogens is 1. The van der Waals surface area contributed by atoms with Gasteiger partial charge in [-0.2, -0.15) is 0 Å². The summed E-state index contributed by atoms with van der Waals surface area (Å²) >= 11 is 0. The Bertz CT molecular complexity index is 956. The molecule has 5 heteroatoms. The quantitative estimate of drug-likeness (QED) is 0.572. The number of amides is 1. The lowest BCUT2D eigenvalue weighted by molar-refractivity contribution is -0.120. The lowest BCUT2D eigenvalue weighted by Crippen LogP contribution is -2.24. The van der Waals surface area contributed by atoms with Gasteiger partial charge in [0, 0.05) is 24.0 Å². The highest BCUT2D eigenvalue weighted by molar-refractivity contribution is 5.78. The SMILES string of the molecule is O=C(Cc1ccc(-c2ccc(OCCC3CC3O)cc2)cn1)NCc1ccccc1. The zero-order valence-electron chi connectivity index (χ0n) is 16.8. The molecule has 0 radical (unpaired) electrons. The van der Waals surface area contributed by atoms with Crippen LogP contribution in [0.1, 0.15) is 24.1 Å². The fourth-order valence-electron chi connectivity index (χ4n) is 3.34. The Morgan fingerprint density at radius 1 is 1.03 bits per heavy atom. The van der Waals surface area contributed by atoms with E-state index in [4.69, 9.17) is 4.74 Å². The Morgan fingerprint density at radius 3 is 2.43 bits per heavy atom. The van der Waals surface area contributed by atoms with Crippen molar-refractivity contribution in [1.29, 1.82) is 0 Å². The number of carbonyl (C=O) groups excluding carboxylic acids is 1. The summed E-state index contributed by atoms with van der Waals surface area (Å²) in [5, 5.41) is 12.3. The number of benzene rings is 2. The third-order valence-corrected chi connectivity index (χ3v) is 5.33. The van der Waals surface area contributed by atoms with Gasteiger partial charge in [0.15, 0.2) is 0 Å². The van der Waals surface area contributed by atoms with Crippen LogP contribution in [0.5, 0.6) is 5.75 Å². The van der Waals surface area contributed by atoms with Crippen LogP contribution in [0.15, 0.2) is 72.9 Å². The highest BCUT2D eigenvalue weighted by Gasteiger charge is 2.34. The van der Waals surface area contributed by atoms with Crippen LogP contribution in [-0.2, 0) is 17.8 Å². The molecule has 4 rings (SSSR count). The normalized spacial score (nSPS) is 17.4. The lowest BCUT2D eigenvalue weighted by Gasteiger charge is -2.08. The van der Waals surface area contributed by atoms with Gasteiger partial charge in [0.25, 0.3) is 0 Å². The van der Waals surface area contributed by atoms with Crippen molar-refractivity contribution in [3.8, 4) is 16.9 Å². The second kappa shape index (κ2) is 9.55. The summed E-state index contributed by atoms with van der Waals surface area (Å²) in [4.78, 5) is 16.6. The Morgan fingerprint density at radius 2 is 1.77 bits per heavy atom. The summed E-state index contributed by atoms with van der Waals surface area (Å²) in [6.07, 6.45) is 3.73. The monoisotopic (exact) mass is 402 g/mol. The molecule has 1 aliphatic rings. The predicted molar refractivity (Wildman–Crippen MR) is 116 cm³/mol. The average molecular weight is 402 g/mol. The third-order valence-electron chi connectivity index (χ3n) is 5.33. The number of rotatable bonds is 9. The minimum absolute atomic E-state index is 0.0423. The van der Waals surface area contributed by atoms with Crippen LogP contribution in [0.25, 0.3) is 11.1 Å². The van der Waals surface area contributed by atoms with Crippen LogP contribution >= 0.6 is 0 Å². The fourth-order valence-corrected chi connectivity index (χ4v) is 3.34. The van der Waals surface area contributed by atoms with E-state index >= 15 is 0 Å². The zero-order valence-corrected chi connectivity index (χ0v) is 16.8. The Labute approximate surface area is 176 Å². The van der Waals surface area contributed by atoms with E-state index in [2.05, 4.69) is 10.3 Å². The molecule has 0 bridgehead atoms. The van der Waals surface area contributed by atoms with Gasteiger partial charge in [0.1, 0.15) is 5.75 Å². The first-order valence-electron chi connectivity index (χ1n) is 10.3. The molecule has 1 saturated carbocycles. The second-order valence-electron chi connectivity index (χ2n) is 7.70. The largest absolute Gasteiger partial charge is 0.494 e. The molecule has 3 aromatic rings. The third kappa shape index (κ3) is 5.67. The minimum atomic E-state index is -0.124. The van der Waals surface area contributed by atoms with Gasteiger partial charge in [0.2, 0.25) is 5.91 Å². The maximum atomic E-state index is 12.1. The van der Waals surface area contributed by atoms with Crippen LogP contribution in [0.3, 0.4) is 0 Å². The molecule has 1 fully saturated rings. The molecule has 1 heterocycles. The number of hydrogen-bond donors (Lipinski definition) is 2. The molecular weight excluding hydrogens is 376 g/mol. The summed E-state index contributed by atoms with van der Waals surface area (Å²) < 4.78 is 5.74. The van der Waals surface area contributed by atoms with Crippen molar-refractivity contribution in [2.75, 3.05) is 6.61 Å². The van der Waals surface area contributed by atoms with E-state index in [0.717, 1.165) is 41.0 Å². The minimum Gasteiger partial charge on any atom is -0.494 e. The van der Waals surface area contributed by atoms with Gasteiger partial charge in [0.05, 0.1) is 19.1 Å². The Kier molecular flexibility index (Phi) is 6.40. The Balaban J connectivity index is 1.25. The lowest BCUT2D eigenvalue weighted by atomic mass is 10.1. The van der Waals surface area contributed by atoms with E-state index in [1.807, 2.05) is 66.7 Å². The molecule has 2 aromatic carbocycles. The van der Waals surface area contributed by atoms with Crippen LogP contribution in [0, 0.1) is 5.92 Å². The topological polar surface area (TPSA) is 71.5 Å². The summed E-state index contributed by atoms with van der Waals surface area (Å²) in [5.41, 5.74) is 3.86. The number of aliphatic hydroxyl groups is 1. The van der Waals surface area contributed by atoms with Crippen LogP contribution in [0.4, 0.5) is 0 Å². The molecule has 0 aliphatic heterocycles. The fraction of sp³-hybridized carbons (Fsp3) is 0.280. The number of aliphatic hydroxyl groups excluding tert-OH is 1. The van der Waals surface area contributed by atoms with Crippen LogP contribution in [-0.4, -0.2) is 28.7 Å². The van der Waals surface area contributed by atoms with E-state index in [-0.39, 0.29) is 18.4 Å². The van der Waals surface area contributed by atoms with Gasteiger partial charge >= 0.3 is 0 Å². The number of pyridine rings is 1. The molecule has 2 unspecified atom stereocenters. The Hall–Kier alpha value is -3.18. The van der Waals surface area contributed by atoms with E-state index in [1.54, 1.807) is 6.20 Å². The zero-order chi connectivity index (χ0) is 20.8. The first-order valence-corrected chi connectivity index (χ1v) is 10.3. The molecule has 5 nitrogen and oxygen atoms in total. The summed E-state index contributed by atoms with van der Waals surface area (Å²) in [5.74, 6) is 1.20. The van der Waals surface area contributed by atoms with E-state index < -0.39 is 0 Å². The number of carbonyl (C=O) groups is 1. The predicted octanol–water partition coefficient (Wildman–Crippen LogP) is 3.76. The van der Waals surface area contributed by atoms with Gasteiger partial charge < -0.3 is 15.2 Å². The molecule has 30 heavy (non-hydrogen) atoms. The smallest absolute Gasteiger partial charge is 0.226 e. The van der Waals surface area contributed by atoms with E-state index in [9.17, 15) is 9.90 Å². The first-order chi connectivity index (χ1) is 14.7. The van der Waals surface area contributed by atoms with Gasteiger partial charge in [-0.25, -0.2) is 0 Å². The van der Waals surface area contributed by atoms with Crippen molar-refractivity contribution >= 4 is 5.91 Å². The van der Waals surface area contributed by atoms with Crippen molar-refractivity contribution < 1.29 is 14.6 Å².